The molecule has 0 atom stereocenters. The van der Waals surface area contributed by atoms with E-state index in [1.807, 2.05) is 0 Å². The van der Waals surface area contributed by atoms with Crippen LogP contribution in [0.5, 0.6) is 0 Å². The van der Waals surface area contributed by atoms with E-state index in [0.29, 0.717) is 0 Å². The summed E-state index contributed by atoms with van der Waals surface area (Å²) in [4.78, 5) is 0. The first-order valence-electron chi connectivity index (χ1n) is 4.61. The summed E-state index contributed by atoms with van der Waals surface area (Å²) in [7, 11) is 0. The van der Waals surface area contributed by atoms with Crippen molar-refractivity contribution in [3.8, 4) is 0 Å². The van der Waals surface area contributed by atoms with Crippen molar-refractivity contribution in [2.45, 2.75) is 0 Å². The zero-order valence-electron chi connectivity index (χ0n) is 8.72. The summed E-state index contributed by atoms with van der Waals surface area (Å²) in [5, 5.41) is -3.26. The quantitative estimate of drug-likeness (QED) is 0.278. The smallest absolute Gasteiger partial charge is 0.198 e. The zero-order chi connectivity index (χ0) is 14.5. The molecule has 2 rings (SSSR count). The maximum Gasteiger partial charge on any atom is 0.198 e. The average molecular weight is 284 g/mol. The highest BCUT2D eigenvalue weighted by Gasteiger charge is 2.30. The lowest BCUT2D eigenvalue weighted by Gasteiger charge is -2.11. The Balaban J connectivity index is 3.18. The second-order valence-electron chi connectivity index (χ2n) is 3.47. The van der Waals surface area contributed by atoms with Crippen molar-refractivity contribution in [3.05, 3.63) is 40.7 Å². The molecule has 0 amide bonds. The van der Waals surface area contributed by atoms with Crippen LogP contribution >= 0.6 is 0 Å². The third-order valence-electron chi connectivity index (χ3n) is 2.48. The van der Waals surface area contributed by atoms with Crippen LogP contribution in [0.2, 0.25) is 0 Å². The van der Waals surface area contributed by atoms with Gasteiger partial charge in [0.1, 0.15) is 5.69 Å². The Kier molecular flexibility index (Phi) is 3.01. The van der Waals surface area contributed by atoms with E-state index in [1.165, 1.54) is 5.43 Å². The normalized spacial score (nSPS) is 11.2. The van der Waals surface area contributed by atoms with Gasteiger partial charge in [-0.25, -0.2) is 30.7 Å². The molecule has 0 heterocycles. The molecule has 19 heavy (non-hydrogen) atoms. The molecular weight excluding hydrogens is 281 g/mol. The molecule has 0 aliphatic heterocycles. The lowest BCUT2D eigenvalue weighted by atomic mass is 10.1. The van der Waals surface area contributed by atoms with Gasteiger partial charge in [0.25, 0.3) is 0 Å². The van der Waals surface area contributed by atoms with Crippen LogP contribution in [0.1, 0.15) is 0 Å². The number of nitrogens with one attached hydrogen (secondary N) is 1. The first kappa shape index (κ1) is 13.4. The SMILES string of the molecule is NNc1c(F)c(F)c2c(F)c(F)c(F)c(F)c2c1F. The minimum absolute atomic E-state index is 1.34. The Morgan fingerprint density at radius 1 is 0.526 bits per heavy atom. The van der Waals surface area contributed by atoms with Crippen molar-refractivity contribution in [2.24, 2.45) is 5.84 Å². The number of hydrogen-bond acceptors (Lipinski definition) is 2. The Morgan fingerprint density at radius 3 is 1.32 bits per heavy atom. The van der Waals surface area contributed by atoms with Crippen LogP contribution < -0.4 is 11.3 Å². The largest absolute Gasteiger partial charge is 0.319 e. The highest BCUT2D eigenvalue weighted by Crippen LogP contribution is 2.36. The zero-order valence-corrected chi connectivity index (χ0v) is 8.72. The molecule has 0 fully saturated rings. The molecule has 2 aromatic rings. The second-order valence-corrected chi connectivity index (χ2v) is 3.47. The van der Waals surface area contributed by atoms with Crippen molar-refractivity contribution in [2.75, 3.05) is 5.43 Å². The van der Waals surface area contributed by atoms with Crippen molar-refractivity contribution >= 4 is 16.5 Å². The van der Waals surface area contributed by atoms with Crippen LogP contribution in [0.4, 0.5) is 36.4 Å². The fourth-order valence-electron chi connectivity index (χ4n) is 1.61. The average Bonchev–Trinajstić information content (AvgIpc) is 2.38. The number of rotatable bonds is 1. The summed E-state index contributed by atoms with van der Waals surface area (Å²) < 4.78 is 92.8. The third kappa shape index (κ3) is 1.61. The molecule has 102 valence electrons. The fourth-order valence-corrected chi connectivity index (χ4v) is 1.61. The van der Waals surface area contributed by atoms with E-state index >= 15 is 0 Å². The fraction of sp³-hybridized carbons (Fsp3) is 0. The van der Waals surface area contributed by atoms with Crippen molar-refractivity contribution < 1.29 is 30.7 Å². The van der Waals surface area contributed by atoms with Crippen molar-refractivity contribution in [1.29, 1.82) is 0 Å². The minimum atomic E-state index is -2.38. The maximum atomic E-state index is 13.6. The monoisotopic (exact) mass is 284 g/mol. The van der Waals surface area contributed by atoms with Gasteiger partial charge in [-0.1, -0.05) is 0 Å². The highest BCUT2D eigenvalue weighted by molar-refractivity contribution is 5.89. The van der Waals surface area contributed by atoms with Gasteiger partial charge in [0.2, 0.25) is 0 Å². The standard InChI is InChI=1S/C10H3F7N2/c11-3-1-2(4(12)8(16)7(3)15)6(14)10(19-18)9(17)5(1)13/h19H,18H2. The van der Waals surface area contributed by atoms with E-state index in [0.717, 1.165) is 0 Å². The lowest BCUT2D eigenvalue weighted by molar-refractivity contribution is 0.412. The molecule has 0 aromatic heterocycles. The Labute approximate surface area is 100 Å². The van der Waals surface area contributed by atoms with Gasteiger partial charge in [0.15, 0.2) is 40.7 Å². The van der Waals surface area contributed by atoms with Crippen molar-refractivity contribution in [1.82, 2.24) is 0 Å². The second kappa shape index (κ2) is 4.26. The lowest BCUT2D eigenvalue weighted by Crippen LogP contribution is -2.14. The predicted molar refractivity (Wildman–Crippen MR) is 51.5 cm³/mol. The Morgan fingerprint density at radius 2 is 0.895 bits per heavy atom. The van der Waals surface area contributed by atoms with Crippen LogP contribution in [-0.2, 0) is 0 Å². The number of hydrogen-bond donors (Lipinski definition) is 2. The number of benzene rings is 2. The van der Waals surface area contributed by atoms with E-state index in [2.05, 4.69) is 5.84 Å². The Bertz CT molecular complexity index is 699. The summed E-state index contributed by atoms with van der Waals surface area (Å²) in [6.45, 7) is 0. The van der Waals surface area contributed by atoms with E-state index in [1.54, 1.807) is 0 Å². The number of nitrogen functional groups attached to an aromatic ring is 1. The van der Waals surface area contributed by atoms with E-state index in [9.17, 15) is 30.7 Å². The van der Waals surface area contributed by atoms with Crippen LogP contribution in [0.15, 0.2) is 0 Å². The molecule has 2 nitrogen and oxygen atoms in total. The molecule has 0 saturated carbocycles. The van der Waals surface area contributed by atoms with Gasteiger partial charge in [-0.3, -0.25) is 5.84 Å². The number of hydrazine groups is 1. The van der Waals surface area contributed by atoms with Gasteiger partial charge >= 0.3 is 0 Å². The Hall–Kier alpha value is -2.03. The number of anilines is 1. The van der Waals surface area contributed by atoms with Crippen LogP contribution in [-0.4, -0.2) is 0 Å². The summed E-state index contributed by atoms with van der Waals surface area (Å²) in [5.41, 5.74) is 0.0433. The molecule has 0 radical (unpaired) electrons. The molecule has 0 unspecified atom stereocenters. The summed E-state index contributed by atoms with van der Waals surface area (Å²) in [6, 6.07) is 0. The van der Waals surface area contributed by atoms with E-state index in [4.69, 9.17) is 0 Å². The molecular formula is C10H3F7N2. The van der Waals surface area contributed by atoms with Crippen molar-refractivity contribution in [3.63, 3.8) is 0 Å². The summed E-state index contributed by atoms with van der Waals surface area (Å²) in [6.07, 6.45) is 0. The van der Waals surface area contributed by atoms with Gasteiger partial charge in [-0.05, 0) is 0 Å². The minimum Gasteiger partial charge on any atom is -0.319 e. The van der Waals surface area contributed by atoms with E-state index < -0.39 is 57.2 Å². The summed E-state index contributed by atoms with van der Waals surface area (Å²) in [5.74, 6) is -10.4. The number of fused-ring (bicyclic) bond motifs is 1. The molecule has 0 saturated heterocycles. The molecule has 3 N–H and O–H groups in total. The topological polar surface area (TPSA) is 38.0 Å². The summed E-state index contributed by atoms with van der Waals surface area (Å²) >= 11 is 0. The van der Waals surface area contributed by atoms with Crippen LogP contribution in [0.25, 0.3) is 10.8 Å². The maximum absolute atomic E-state index is 13.6. The van der Waals surface area contributed by atoms with E-state index in [-0.39, 0.29) is 0 Å². The molecule has 0 bridgehead atoms. The molecule has 2 aromatic carbocycles. The van der Waals surface area contributed by atoms with Gasteiger partial charge in [-0.15, -0.1) is 0 Å². The first-order chi connectivity index (χ1) is 8.82. The van der Waals surface area contributed by atoms with Gasteiger partial charge in [-0.2, -0.15) is 0 Å². The van der Waals surface area contributed by atoms with Gasteiger partial charge < -0.3 is 5.43 Å². The molecule has 0 aliphatic rings. The first-order valence-corrected chi connectivity index (χ1v) is 4.61. The van der Waals surface area contributed by atoms with Gasteiger partial charge in [0.05, 0.1) is 10.8 Å². The highest BCUT2D eigenvalue weighted by atomic mass is 19.2. The van der Waals surface area contributed by atoms with Crippen LogP contribution in [0, 0.1) is 40.7 Å². The molecule has 9 heteroatoms. The molecule has 0 aliphatic carbocycles. The number of nitrogens with two attached hydrogens (primary N) is 1. The third-order valence-corrected chi connectivity index (χ3v) is 2.48. The van der Waals surface area contributed by atoms with Gasteiger partial charge in [0, 0.05) is 0 Å². The molecule has 0 spiro atoms. The predicted octanol–water partition coefficient (Wildman–Crippen LogP) is 3.10. The number of halogens is 7. The van der Waals surface area contributed by atoms with Crippen LogP contribution in [0.3, 0.4) is 0 Å².